The minimum absolute atomic E-state index is 0.0405. The van der Waals surface area contributed by atoms with Crippen molar-refractivity contribution in [1.29, 1.82) is 0 Å². The van der Waals surface area contributed by atoms with Gasteiger partial charge in [0.05, 0.1) is 6.10 Å². The summed E-state index contributed by atoms with van der Waals surface area (Å²) in [5, 5.41) is 0. The lowest BCUT2D eigenvalue weighted by molar-refractivity contribution is 0.0215. The molecule has 6 heteroatoms. The second-order valence-corrected chi connectivity index (χ2v) is 5.29. The minimum Gasteiger partial charge on any atom is -0.283 e. The normalized spacial score (nSPS) is 19.4. The second kappa shape index (κ2) is 5.06. The number of nitrogens with one attached hydrogen (secondary N) is 2. The van der Waals surface area contributed by atoms with Gasteiger partial charge in [-0.2, -0.15) is 13.1 Å². The van der Waals surface area contributed by atoms with Gasteiger partial charge in [-0.15, -0.1) is 0 Å². The summed E-state index contributed by atoms with van der Waals surface area (Å²) in [4.78, 5) is 7.16. The Morgan fingerprint density at radius 3 is 2.36 bits per heavy atom. The third kappa shape index (κ3) is 4.36. The van der Waals surface area contributed by atoms with E-state index in [1.54, 1.807) is 13.8 Å². The van der Waals surface area contributed by atoms with E-state index in [-0.39, 0.29) is 12.1 Å². The zero-order valence-electron chi connectivity index (χ0n) is 8.62. The molecule has 0 saturated heterocycles. The number of hydrogen-bond acceptors (Lipinski definition) is 3. The van der Waals surface area contributed by atoms with Gasteiger partial charge in [0.2, 0.25) is 0 Å². The Morgan fingerprint density at radius 2 is 1.86 bits per heavy atom. The quantitative estimate of drug-likeness (QED) is 0.673. The molecule has 0 aromatic carbocycles. The average Bonchev–Trinajstić information content (AvgIpc) is 2.50. The van der Waals surface area contributed by atoms with E-state index in [1.807, 2.05) is 0 Å². The van der Waals surface area contributed by atoms with E-state index < -0.39 is 10.2 Å². The fraction of sp³-hybridized carbons (Fsp3) is 1.00. The molecule has 84 valence electrons. The van der Waals surface area contributed by atoms with Crippen LogP contribution in [0.2, 0.25) is 0 Å². The molecule has 0 heterocycles. The van der Waals surface area contributed by atoms with Crippen molar-refractivity contribution in [3.63, 3.8) is 0 Å². The van der Waals surface area contributed by atoms with Crippen LogP contribution in [0.15, 0.2) is 0 Å². The molecule has 1 aliphatic carbocycles. The van der Waals surface area contributed by atoms with Gasteiger partial charge in [-0.1, -0.05) is 17.7 Å². The van der Waals surface area contributed by atoms with Crippen molar-refractivity contribution in [2.75, 3.05) is 0 Å². The molecule has 0 unspecified atom stereocenters. The summed E-state index contributed by atoms with van der Waals surface area (Å²) in [6, 6.07) is -0.125. The van der Waals surface area contributed by atoms with Crippen molar-refractivity contribution < 1.29 is 13.3 Å². The van der Waals surface area contributed by atoms with Gasteiger partial charge in [0.25, 0.3) is 10.2 Å². The molecule has 0 aliphatic heterocycles. The molecule has 1 rings (SSSR count). The molecule has 0 bridgehead atoms. The Hall–Kier alpha value is -0.170. The molecule has 5 nitrogen and oxygen atoms in total. The molecule has 0 radical (unpaired) electrons. The van der Waals surface area contributed by atoms with Crippen molar-refractivity contribution in [2.24, 2.45) is 0 Å². The summed E-state index contributed by atoms with van der Waals surface area (Å²) < 4.78 is 24.9. The third-order valence-corrected chi connectivity index (χ3v) is 3.11. The number of hydrogen-bond donors (Lipinski definition) is 2. The maximum atomic E-state index is 11.3. The van der Waals surface area contributed by atoms with Crippen LogP contribution in [0.3, 0.4) is 0 Å². The summed E-state index contributed by atoms with van der Waals surface area (Å²) in [5.74, 6) is 0. The highest BCUT2D eigenvalue weighted by Crippen LogP contribution is 2.19. The van der Waals surface area contributed by atoms with E-state index in [2.05, 4.69) is 9.61 Å². The van der Waals surface area contributed by atoms with Crippen molar-refractivity contribution >= 4 is 10.2 Å². The van der Waals surface area contributed by atoms with Gasteiger partial charge in [0.15, 0.2) is 0 Å². The van der Waals surface area contributed by atoms with Gasteiger partial charge in [-0.3, -0.25) is 4.84 Å². The lowest BCUT2D eigenvalue weighted by Gasteiger charge is -2.13. The lowest BCUT2D eigenvalue weighted by Crippen LogP contribution is -2.41. The highest BCUT2D eigenvalue weighted by atomic mass is 32.2. The Labute approximate surface area is 85.4 Å². The highest BCUT2D eigenvalue weighted by Gasteiger charge is 2.19. The second-order valence-electron chi connectivity index (χ2n) is 3.88. The van der Waals surface area contributed by atoms with Crippen LogP contribution in [0.5, 0.6) is 0 Å². The molecule has 0 atom stereocenters. The smallest absolute Gasteiger partial charge is 0.283 e. The molecule has 1 saturated carbocycles. The predicted octanol–water partition coefficient (Wildman–Crippen LogP) is 0.693. The molecule has 0 aromatic rings. The monoisotopic (exact) mass is 222 g/mol. The third-order valence-electron chi connectivity index (χ3n) is 2.02. The standard InChI is InChI=1S/C8H18N2O3S/c1-7(2)9-14(11,12)10-13-8-5-3-4-6-8/h7-10H,3-6H2,1-2H3. The first-order valence-electron chi connectivity index (χ1n) is 4.94. The summed E-state index contributed by atoms with van der Waals surface area (Å²) in [5.41, 5.74) is 0. The Balaban J connectivity index is 2.28. The minimum atomic E-state index is -3.49. The van der Waals surface area contributed by atoms with E-state index in [1.165, 1.54) is 0 Å². The van der Waals surface area contributed by atoms with E-state index in [0.29, 0.717) is 0 Å². The van der Waals surface area contributed by atoms with E-state index in [9.17, 15) is 8.42 Å². The van der Waals surface area contributed by atoms with Gasteiger partial charge in [-0.25, -0.2) is 0 Å². The Bertz CT molecular complexity index is 258. The lowest BCUT2D eigenvalue weighted by atomic mass is 10.3. The highest BCUT2D eigenvalue weighted by molar-refractivity contribution is 7.87. The fourth-order valence-corrected chi connectivity index (χ4v) is 2.40. The van der Waals surface area contributed by atoms with Crippen LogP contribution in [0.25, 0.3) is 0 Å². The van der Waals surface area contributed by atoms with Crippen LogP contribution < -0.4 is 9.61 Å². The maximum Gasteiger partial charge on any atom is 0.299 e. The van der Waals surface area contributed by atoms with Crippen LogP contribution in [-0.4, -0.2) is 20.6 Å². The first-order chi connectivity index (χ1) is 6.49. The molecule has 0 spiro atoms. The van der Waals surface area contributed by atoms with Crippen LogP contribution in [-0.2, 0) is 15.0 Å². The van der Waals surface area contributed by atoms with Crippen LogP contribution in [0, 0.1) is 0 Å². The van der Waals surface area contributed by atoms with Gasteiger partial charge in [-0.05, 0) is 26.7 Å². The van der Waals surface area contributed by atoms with Crippen LogP contribution in [0.1, 0.15) is 39.5 Å². The summed E-state index contributed by atoms with van der Waals surface area (Å²) >= 11 is 0. The Morgan fingerprint density at radius 1 is 1.29 bits per heavy atom. The van der Waals surface area contributed by atoms with E-state index in [0.717, 1.165) is 25.7 Å². The van der Waals surface area contributed by atoms with E-state index >= 15 is 0 Å². The summed E-state index contributed by atoms with van der Waals surface area (Å²) in [7, 11) is -3.49. The summed E-state index contributed by atoms with van der Waals surface area (Å²) in [6.07, 6.45) is 4.14. The average molecular weight is 222 g/mol. The molecule has 0 aromatic heterocycles. The zero-order valence-corrected chi connectivity index (χ0v) is 9.43. The van der Waals surface area contributed by atoms with Gasteiger partial charge in [0, 0.05) is 6.04 Å². The zero-order chi connectivity index (χ0) is 10.6. The van der Waals surface area contributed by atoms with Gasteiger partial charge in [0.1, 0.15) is 0 Å². The largest absolute Gasteiger partial charge is 0.299 e. The van der Waals surface area contributed by atoms with Crippen molar-refractivity contribution in [3.05, 3.63) is 0 Å². The SMILES string of the molecule is CC(C)NS(=O)(=O)NOC1CCCC1. The molecule has 2 N–H and O–H groups in total. The topological polar surface area (TPSA) is 67.4 Å². The van der Waals surface area contributed by atoms with Crippen LogP contribution in [0.4, 0.5) is 0 Å². The molecular weight excluding hydrogens is 204 g/mol. The fourth-order valence-electron chi connectivity index (χ4n) is 1.47. The molecule has 1 fully saturated rings. The first kappa shape index (κ1) is 11.9. The maximum absolute atomic E-state index is 11.3. The van der Waals surface area contributed by atoms with Crippen molar-refractivity contribution in [3.8, 4) is 0 Å². The first-order valence-corrected chi connectivity index (χ1v) is 6.42. The molecular formula is C8H18N2O3S. The van der Waals surface area contributed by atoms with Crippen molar-refractivity contribution in [2.45, 2.75) is 51.7 Å². The van der Waals surface area contributed by atoms with Crippen LogP contribution >= 0.6 is 0 Å². The van der Waals surface area contributed by atoms with Crippen molar-refractivity contribution in [1.82, 2.24) is 9.61 Å². The van der Waals surface area contributed by atoms with E-state index in [4.69, 9.17) is 4.84 Å². The molecule has 0 amide bonds. The molecule has 14 heavy (non-hydrogen) atoms. The molecule has 1 aliphatic rings. The number of rotatable bonds is 5. The summed E-state index contributed by atoms with van der Waals surface area (Å²) in [6.45, 7) is 3.52. The van der Waals surface area contributed by atoms with Gasteiger partial charge < -0.3 is 0 Å². The Kier molecular flexibility index (Phi) is 4.31. The predicted molar refractivity (Wildman–Crippen MR) is 53.7 cm³/mol. The van der Waals surface area contributed by atoms with Gasteiger partial charge >= 0.3 is 0 Å².